The third-order valence-electron chi connectivity index (χ3n) is 23.4. The Kier molecular flexibility index (Phi) is 108. The molecular weight excluding hydrogens is 1960 g/mol. The maximum Gasteiger partial charge on any atom is 0.353 e. The molecule has 0 bridgehead atoms. The number of guanidine groups is 1. The van der Waals surface area contributed by atoms with Gasteiger partial charge in [-0.25, -0.2) is 34.7 Å². The standard InChI is InChI=1S/C26H46N4.C20H36ClN3.C20H38N4.C17H37N3.C17H36.C4H2Cl2O3.C3H6O.CH2N2.I2.H3N/c1-6-8-10-12-14-16-18-30(19-17-15-13-11-9-7-2)25-27-21-23-24(28-25)22(3)20-26(4,5)29-23;2*1-3-5-7-9-11-13-15-24(16-14-12-10-8-6-4-2)20-22-17-19(21)18-23-20;1-3-5-7-9-11-13-15-20(17(18)19)16-14-12-10-8-6-4-2;1-3-5-7-9-11-13-15-17-16-14-12-10-8-6-4-2;5-1-2(6)4(8)9-3(1)7;1-3(2)4;2-1-3;1-2;/h20-21,29H,6-19H2,1-5H3;17-18H,3-16H2,1-2H3;17-18H,3-16,21H2,1-2H3;3-16H2,1-2H3,(H3,18,19);3-17H2,1-2H3;3,7H;1-2H3;2H2;;1H3. The molecule has 782 valence electrons. The van der Waals surface area contributed by atoms with Gasteiger partial charge in [-0.15, -0.1) is 0 Å². The summed E-state index contributed by atoms with van der Waals surface area (Å²) in [5, 5.41) is 27.1. The number of aromatic nitrogens is 6. The highest BCUT2D eigenvalue weighted by Gasteiger charge is 2.30. The van der Waals surface area contributed by atoms with E-state index in [2.05, 4.69) is 189 Å². The number of nitrogens with two attached hydrogens (primary N) is 3. The number of ketones is 1. The molecular formula is C108H206Cl3I2N17O4. The zero-order valence-electron chi connectivity index (χ0n) is 88.7. The van der Waals surface area contributed by atoms with E-state index in [9.17, 15) is 9.59 Å². The van der Waals surface area contributed by atoms with Crippen LogP contribution in [-0.4, -0.2) is 122 Å². The van der Waals surface area contributed by atoms with Crippen molar-refractivity contribution < 1.29 is 19.4 Å². The second-order valence-corrected chi connectivity index (χ2v) is 38.4. The predicted octanol–water partition coefficient (Wildman–Crippen LogP) is 34.1. The highest BCUT2D eigenvalue weighted by atomic mass is 128. The Labute approximate surface area is 862 Å². The second-order valence-electron chi connectivity index (χ2n) is 37.2. The van der Waals surface area contributed by atoms with Crippen molar-refractivity contribution in [1.29, 1.82) is 10.7 Å². The van der Waals surface area contributed by atoms with Crippen molar-refractivity contribution in [3.63, 3.8) is 0 Å². The van der Waals surface area contributed by atoms with Gasteiger partial charge in [0.05, 0.1) is 58.6 Å². The molecule has 3 aromatic rings. The fraction of sp³-hybridized carbons (Fsp3) is 0.815. The number of aliphatic hydroxyl groups excluding tert-OH is 1. The summed E-state index contributed by atoms with van der Waals surface area (Å²) < 4.78 is 4.16. The second kappa shape index (κ2) is 104. The minimum absolute atomic E-state index is 0. The van der Waals surface area contributed by atoms with E-state index in [1.165, 1.54) is 430 Å². The molecule has 5 rings (SSSR count). The largest absolute Gasteiger partial charge is 0.426 e. The summed E-state index contributed by atoms with van der Waals surface area (Å²) in [5.74, 6) is 2.22. The third-order valence-corrected chi connectivity index (χ3v) is 24.4. The predicted molar refractivity (Wildman–Crippen MR) is 605 cm³/mol. The Balaban J connectivity index is -0.000000497. The van der Waals surface area contributed by atoms with E-state index in [1.54, 1.807) is 24.8 Å². The van der Waals surface area contributed by atoms with Crippen LogP contribution in [-0.2, 0) is 14.3 Å². The highest BCUT2D eigenvalue weighted by Crippen LogP contribution is 2.34. The number of hydrogen-bond acceptors (Lipinski definition) is 19. The van der Waals surface area contributed by atoms with E-state index in [4.69, 9.17) is 72.0 Å². The number of nitrogen functional groups attached to an aromatic ring is 1. The van der Waals surface area contributed by atoms with Gasteiger partial charge in [0.2, 0.25) is 24.1 Å². The molecule has 0 aliphatic carbocycles. The molecule has 2 aliphatic heterocycles. The number of anilines is 5. The molecule has 12 N–H and O–H groups in total. The summed E-state index contributed by atoms with van der Waals surface area (Å²) >= 11 is 20.6. The Hall–Kier alpha value is -4.33. The molecule has 0 radical (unpaired) electrons. The molecule has 0 aromatic carbocycles. The fourth-order valence-corrected chi connectivity index (χ4v) is 16.0. The van der Waals surface area contributed by atoms with E-state index in [-0.39, 0.29) is 33.5 Å². The Morgan fingerprint density at radius 2 is 0.657 bits per heavy atom. The van der Waals surface area contributed by atoms with Crippen LogP contribution in [0.5, 0.6) is 0 Å². The molecule has 0 fully saturated rings. The number of esters is 1. The number of unbranched alkanes of at least 4 members (excludes halogenated alkanes) is 54. The van der Waals surface area contributed by atoms with Crippen LogP contribution in [0.2, 0.25) is 5.02 Å². The summed E-state index contributed by atoms with van der Waals surface area (Å²) in [6.45, 7) is 40.6. The number of allylic oxidation sites excluding steroid dienone is 1. The van der Waals surface area contributed by atoms with Crippen molar-refractivity contribution in [2.24, 2.45) is 11.5 Å². The minimum atomic E-state index is -1.37. The molecule has 134 heavy (non-hydrogen) atoms. The lowest BCUT2D eigenvalue weighted by Crippen LogP contribution is -2.37. The van der Waals surface area contributed by atoms with Gasteiger partial charge in [-0.3, -0.25) is 5.41 Å². The van der Waals surface area contributed by atoms with Crippen molar-refractivity contribution in [3.8, 4) is 6.19 Å². The van der Waals surface area contributed by atoms with Crippen LogP contribution in [0.3, 0.4) is 0 Å². The summed E-state index contributed by atoms with van der Waals surface area (Å²) in [4.78, 5) is 56.4. The van der Waals surface area contributed by atoms with Gasteiger partial charge in [0.15, 0.2) is 12.2 Å². The van der Waals surface area contributed by atoms with Crippen molar-refractivity contribution in [2.45, 2.75) is 520 Å². The highest BCUT2D eigenvalue weighted by molar-refractivity contribution is 15.0. The molecule has 0 spiro atoms. The van der Waals surface area contributed by atoms with Crippen LogP contribution in [0, 0.1) is 16.9 Å². The molecule has 0 amide bonds. The van der Waals surface area contributed by atoms with E-state index < -0.39 is 12.3 Å². The molecule has 0 saturated heterocycles. The first-order valence-electron chi connectivity index (χ1n) is 53.8. The monoisotopic (exact) mass is 2160 g/mol. The van der Waals surface area contributed by atoms with Crippen molar-refractivity contribution in [3.05, 3.63) is 57.8 Å². The minimum Gasteiger partial charge on any atom is -0.426 e. The van der Waals surface area contributed by atoms with Crippen LogP contribution >= 0.6 is 72.0 Å². The zero-order chi connectivity index (χ0) is 99.7. The molecule has 5 heterocycles. The average Bonchev–Trinajstić information content (AvgIpc) is 1.11. The van der Waals surface area contributed by atoms with Crippen LogP contribution < -0.4 is 43.4 Å². The maximum atomic E-state index is 10.3. The number of rotatable bonds is 73. The first-order valence-corrected chi connectivity index (χ1v) is 61.2. The van der Waals surface area contributed by atoms with Crippen LogP contribution in [0.15, 0.2) is 47.1 Å². The van der Waals surface area contributed by atoms with Crippen LogP contribution in [0.1, 0.15) is 514 Å². The summed E-state index contributed by atoms with van der Waals surface area (Å²) in [6.07, 6.45) is 96.1. The number of nitrogens with one attached hydrogen (secondary N) is 2. The molecule has 3 aromatic heterocycles. The number of ether oxygens (including phenoxy) is 1. The number of carbonyl (C=O) groups excluding carboxylic acids is 2. The van der Waals surface area contributed by atoms with Gasteiger partial charge < -0.3 is 62.9 Å². The first kappa shape index (κ1) is 138. The molecule has 21 nitrogen and oxygen atoms in total. The number of nitriles is 1. The van der Waals surface area contributed by atoms with Crippen LogP contribution in [0.4, 0.5) is 29.2 Å². The maximum absolute atomic E-state index is 10.3. The lowest BCUT2D eigenvalue weighted by Gasteiger charge is -2.31. The number of aliphatic hydroxyl groups is 1. The van der Waals surface area contributed by atoms with E-state index in [0.29, 0.717) is 10.7 Å². The van der Waals surface area contributed by atoms with Crippen LogP contribution in [0.25, 0.3) is 5.57 Å². The number of nitrogens with zero attached hydrogens (tertiary/aromatic N) is 11. The van der Waals surface area contributed by atoms with Gasteiger partial charge >= 0.3 is 5.97 Å². The van der Waals surface area contributed by atoms with Gasteiger partial charge in [0.25, 0.3) is 0 Å². The lowest BCUT2D eigenvalue weighted by atomic mass is 9.95. The van der Waals surface area contributed by atoms with Crippen molar-refractivity contribution >= 4 is 125 Å². The van der Waals surface area contributed by atoms with Gasteiger partial charge in [0, 0.05) is 89.6 Å². The fourth-order valence-electron chi connectivity index (χ4n) is 15.7. The van der Waals surface area contributed by atoms with E-state index >= 15 is 0 Å². The van der Waals surface area contributed by atoms with Gasteiger partial charge in [-0.1, -0.05) is 463 Å². The van der Waals surface area contributed by atoms with Gasteiger partial charge in [-0.2, -0.15) is 5.26 Å². The topological polar surface area (TPSA) is 327 Å². The Bertz CT molecular complexity index is 3000. The SMILES string of the molecule is CC(C)=O.CCCCCCCCCCCCCCCCC.CCCCCCCCN(CCCCCCCC)C(=N)N.CCCCCCCCN(CCCCCCCC)c1ncc(Cl)cn1.CCCCCCCCN(CCCCCCCC)c1ncc(N)cn1.CCCCCCCCN(CCCCCCCC)c1ncc2c(n1)C(C)=CC(C)(C)N2.II.N.N#CN.O=C1OC(O)C(Cl)=C1Cl. The zero-order valence-corrected chi connectivity index (χ0v) is 95.2. The summed E-state index contributed by atoms with van der Waals surface area (Å²) in [6, 6.07) is 0. The van der Waals surface area contributed by atoms with Crippen molar-refractivity contribution in [1.82, 2.24) is 41.0 Å². The quantitative estimate of drug-likeness (QED) is 0.00525. The van der Waals surface area contributed by atoms with Gasteiger partial charge in [-0.05, 0) is 91.6 Å². The number of halogens is 5. The van der Waals surface area contributed by atoms with Crippen molar-refractivity contribution in [2.75, 3.05) is 78.1 Å². The smallest absolute Gasteiger partial charge is 0.353 e. The number of hydrogen-bond donors (Lipinski definition) is 7. The summed E-state index contributed by atoms with van der Waals surface area (Å²) in [5.41, 5.74) is 19.5. The number of fused-ring (bicyclic) bond motifs is 1. The molecule has 26 heteroatoms. The Morgan fingerprint density at radius 1 is 0.440 bits per heavy atom. The summed E-state index contributed by atoms with van der Waals surface area (Å²) in [7, 11) is 0. The molecule has 1 unspecified atom stereocenters. The normalized spacial score (nSPS) is 12.3. The van der Waals surface area contributed by atoms with Gasteiger partial charge in [0.1, 0.15) is 15.8 Å². The average molecular weight is 2170 g/mol. The number of cyclic esters (lactones) is 1. The number of carbonyl (C=O) groups is 2. The molecule has 0 saturated carbocycles. The van der Waals surface area contributed by atoms with E-state index in [1.807, 2.05) is 6.20 Å². The molecule has 2 aliphatic rings. The third kappa shape index (κ3) is 87.9. The lowest BCUT2D eigenvalue weighted by molar-refractivity contribution is -0.151. The number of Topliss-reactive ketones (excluding diaryl/α,β-unsaturated/α-hetero) is 1. The molecule has 1 atom stereocenters. The Morgan fingerprint density at radius 3 is 0.873 bits per heavy atom. The first-order chi connectivity index (χ1) is 64.4. The van der Waals surface area contributed by atoms with E-state index in [0.717, 1.165) is 81.6 Å².